The molecule has 2 aromatic carbocycles. The third kappa shape index (κ3) is 3.33. The summed E-state index contributed by atoms with van der Waals surface area (Å²) in [6.07, 6.45) is -4.63. The van der Waals surface area contributed by atoms with E-state index in [9.17, 15) is 22.4 Å². The van der Waals surface area contributed by atoms with E-state index in [0.29, 0.717) is 10.0 Å². The molecule has 0 aromatic heterocycles. The van der Waals surface area contributed by atoms with E-state index < -0.39 is 29.8 Å². The number of carbonyl (C=O) groups excluding carboxylic acids is 1. The van der Waals surface area contributed by atoms with Crippen LogP contribution in [-0.2, 0) is 16.0 Å². The van der Waals surface area contributed by atoms with Gasteiger partial charge in [-0.3, -0.25) is 4.79 Å². The van der Waals surface area contributed by atoms with Crippen LogP contribution in [0.1, 0.15) is 11.1 Å². The maximum absolute atomic E-state index is 13.8. The van der Waals surface area contributed by atoms with E-state index in [2.05, 4.69) is 15.9 Å². The zero-order valence-corrected chi connectivity index (χ0v) is 14.2. The maximum Gasteiger partial charge on any atom is 0.408 e. The molecule has 1 aliphatic rings. The number of esters is 1. The molecule has 0 saturated carbocycles. The summed E-state index contributed by atoms with van der Waals surface area (Å²) in [7, 11) is 0. The van der Waals surface area contributed by atoms with Gasteiger partial charge in [0.1, 0.15) is 11.6 Å². The Labute approximate surface area is 149 Å². The van der Waals surface area contributed by atoms with Crippen molar-refractivity contribution < 1.29 is 27.1 Å². The van der Waals surface area contributed by atoms with E-state index in [4.69, 9.17) is 4.74 Å². The summed E-state index contributed by atoms with van der Waals surface area (Å²) in [6, 6.07) is 10.9. The Morgan fingerprint density at radius 3 is 2.16 bits per heavy atom. The van der Waals surface area contributed by atoms with E-state index >= 15 is 0 Å². The fourth-order valence-electron chi connectivity index (χ4n) is 2.60. The maximum atomic E-state index is 13.8. The molecule has 2 nitrogen and oxygen atoms in total. The lowest BCUT2D eigenvalue weighted by atomic mass is 9.81. The Morgan fingerprint density at radius 1 is 1.00 bits per heavy atom. The van der Waals surface area contributed by atoms with Gasteiger partial charge in [-0.1, -0.05) is 28.1 Å². The highest BCUT2D eigenvalue weighted by molar-refractivity contribution is 9.10. The molecule has 25 heavy (non-hydrogen) atoms. The number of cyclic esters (lactones) is 1. The van der Waals surface area contributed by atoms with E-state index in [1.54, 1.807) is 12.1 Å². The minimum atomic E-state index is -4.83. The molecule has 2 aromatic rings. The fraction of sp³-hybridized carbons (Fsp3) is 0.167. The summed E-state index contributed by atoms with van der Waals surface area (Å²) in [5.74, 6) is -2.15. The second-order valence-electron chi connectivity index (χ2n) is 5.68. The van der Waals surface area contributed by atoms with Crippen LogP contribution < -0.4 is 0 Å². The van der Waals surface area contributed by atoms with Gasteiger partial charge < -0.3 is 4.74 Å². The summed E-state index contributed by atoms with van der Waals surface area (Å²) in [6.45, 7) is 0. The van der Waals surface area contributed by atoms with Crippen molar-refractivity contribution in [3.63, 3.8) is 0 Å². The van der Waals surface area contributed by atoms with Crippen molar-refractivity contribution in [3.05, 3.63) is 76.0 Å². The number of alkyl halides is 3. The minimum Gasteiger partial charge on any atom is -0.425 e. The molecule has 0 N–H and O–H groups in total. The molecule has 0 radical (unpaired) electrons. The highest BCUT2D eigenvalue weighted by atomic mass is 79.9. The normalized spacial score (nSPS) is 20.4. The average Bonchev–Trinajstić information content (AvgIpc) is 2.88. The van der Waals surface area contributed by atoms with Gasteiger partial charge in [-0.05, 0) is 48.0 Å². The molecule has 1 aliphatic heterocycles. The standard InChI is InChI=1S/C18H11BrF4O2/c19-13-5-1-11(2-6-13)9-17(18(21,22)23)10-15(25-16(17)24)12-3-7-14(20)8-4-12/h1-8,10H,9H2. The predicted molar refractivity (Wildman–Crippen MR) is 86.8 cm³/mol. The number of carbonyl (C=O) groups is 1. The van der Waals surface area contributed by atoms with Crippen LogP contribution in [0.5, 0.6) is 0 Å². The van der Waals surface area contributed by atoms with Gasteiger partial charge in [0.05, 0.1) is 0 Å². The first kappa shape index (κ1) is 17.7. The first-order valence-electron chi connectivity index (χ1n) is 7.23. The molecular formula is C18H11BrF4O2. The Balaban J connectivity index is 2.03. The van der Waals surface area contributed by atoms with Crippen molar-refractivity contribution in [3.8, 4) is 0 Å². The number of hydrogen-bond donors (Lipinski definition) is 0. The number of ether oxygens (including phenoxy) is 1. The number of rotatable bonds is 3. The smallest absolute Gasteiger partial charge is 0.408 e. The van der Waals surface area contributed by atoms with E-state index in [1.807, 2.05) is 0 Å². The lowest BCUT2D eigenvalue weighted by molar-refractivity contribution is -0.212. The van der Waals surface area contributed by atoms with Crippen LogP contribution in [0.3, 0.4) is 0 Å². The molecule has 0 aliphatic carbocycles. The topological polar surface area (TPSA) is 26.3 Å². The van der Waals surface area contributed by atoms with Crippen LogP contribution in [0.4, 0.5) is 17.6 Å². The summed E-state index contributed by atoms with van der Waals surface area (Å²) >= 11 is 3.21. The Hall–Kier alpha value is -2.15. The minimum absolute atomic E-state index is 0.205. The average molecular weight is 415 g/mol. The summed E-state index contributed by atoms with van der Waals surface area (Å²) < 4.78 is 59.9. The van der Waals surface area contributed by atoms with Gasteiger partial charge in [0.15, 0.2) is 5.41 Å². The highest BCUT2D eigenvalue weighted by Gasteiger charge is 2.63. The lowest BCUT2D eigenvalue weighted by Crippen LogP contribution is -2.43. The molecule has 3 rings (SSSR count). The number of hydrogen-bond acceptors (Lipinski definition) is 2. The van der Waals surface area contributed by atoms with Crippen molar-refractivity contribution in [2.24, 2.45) is 5.41 Å². The van der Waals surface area contributed by atoms with Crippen LogP contribution in [-0.4, -0.2) is 12.1 Å². The van der Waals surface area contributed by atoms with Gasteiger partial charge in [0.2, 0.25) is 0 Å². The number of benzene rings is 2. The fourth-order valence-corrected chi connectivity index (χ4v) is 2.87. The first-order chi connectivity index (χ1) is 11.7. The van der Waals surface area contributed by atoms with Gasteiger partial charge >= 0.3 is 12.1 Å². The van der Waals surface area contributed by atoms with E-state index in [0.717, 1.165) is 18.2 Å². The molecule has 0 bridgehead atoms. The predicted octanol–water partition coefficient (Wildman–Crippen LogP) is 5.28. The summed E-state index contributed by atoms with van der Waals surface area (Å²) in [4.78, 5) is 12.2. The number of halogens is 5. The van der Waals surface area contributed by atoms with Crippen molar-refractivity contribution >= 4 is 27.7 Å². The van der Waals surface area contributed by atoms with Crippen molar-refractivity contribution in [2.45, 2.75) is 12.6 Å². The second-order valence-corrected chi connectivity index (χ2v) is 6.59. The molecule has 1 heterocycles. The quantitative estimate of drug-likeness (QED) is 0.504. The molecule has 1 unspecified atom stereocenters. The molecule has 130 valence electrons. The first-order valence-corrected chi connectivity index (χ1v) is 8.03. The molecule has 0 fully saturated rings. The van der Waals surface area contributed by atoms with Gasteiger partial charge in [-0.2, -0.15) is 13.2 Å². The zero-order valence-electron chi connectivity index (χ0n) is 12.6. The highest BCUT2D eigenvalue weighted by Crippen LogP contribution is 2.49. The molecule has 0 spiro atoms. The Kier molecular flexibility index (Phi) is 4.45. The molecule has 0 amide bonds. The van der Waals surface area contributed by atoms with Crippen molar-refractivity contribution in [2.75, 3.05) is 0 Å². The largest absolute Gasteiger partial charge is 0.425 e. The van der Waals surface area contributed by atoms with Crippen LogP contribution >= 0.6 is 15.9 Å². The lowest BCUT2D eigenvalue weighted by Gasteiger charge is -2.26. The summed E-state index contributed by atoms with van der Waals surface area (Å²) in [5.41, 5.74) is -2.23. The molecule has 1 atom stereocenters. The van der Waals surface area contributed by atoms with Crippen LogP contribution in [0.25, 0.3) is 5.76 Å². The molecule has 7 heteroatoms. The van der Waals surface area contributed by atoms with Crippen molar-refractivity contribution in [1.82, 2.24) is 0 Å². The van der Waals surface area contributed by atoms with E-state index in [1.165, 1.54) is 24.3 Å². The SMILES string of the molecule is O=C1OC(c2ccc(F)cc2)=CC1(Cc1ccc(Br)cc1)C(F)(F)F. The summed E-state index contributed by atoms with van der Waals surface area (Å²) in [5, 5.41) is 0. The van der Waals surface area contributed by atoms with Crippen LogP contribution in [0.2, 0.25) is 0 Å². The van der Waals surface area contributed by atoms with Crippen molar-refractivity contribution in [1.29, 1.82) is 0 Å². The third-order valence-electron chi connectivity index (χ3n) is 3.98. The van der Waals surface area contributed by atoms with Gasteiger partial charge in [0, 0.05) is 16.5 Å². The van der Waals surface area contributed by atoms with Gasteiger partial charge in [-0.25, -0.2) is 4.39 Å². The molecule has 0 saturated heterocycles. The monoisotopic (exact) mass is 414 g/mol. The third-order valence-corrected chi connectivity index (χ3v) is 4.50. The Bertz CT molecular complexity index is 826. The van der Waals surface area contributed by atoms with Gasteiger partial charge in [0.25, 0.3) is 0 Å². The van der Waals surface area contributed by atoms with Crippen LogP contribution in [0.15, 0.2) is 59.1 Å². The molecular weight excluding hydrogens is 404 g/mol. The zero-order chi connectivity index (χ0) is 18.2. The van der Waals surface area contributed by atoms with Gasteiger partial charge in [-0.15, -0.1) is 0 Å². The second kappa shape index (κ2) is 6.29. The van der Waals surface area contributed by atoms with E-state index in [-0.39, 0.29) is 11.3 Å². The Morgan fingerprint density at radius 2 is 1.60 bits per heavy atom. The van der Waals surface area contributed by atoms with Crippen LogP contribution in [0, 0.1) is 11.2 Å².